The summed E-state index contributed by atoms with van der Waals surface area (Å²) < 4.78 is 10.9. The monoisotopic (exact) mass is 331 g/mol. The van der Waals surface area contributed by atoms with Gasteiger partial charge in [-0.15, -0.1) is 0 Å². The van der Waals surface area contributed by atoms with Gasteiger partial charge in [-0.25, -0.2) is 0 Å². The number of esters is 1. The number of hydrogen-bond acceptors (Lipinski definition) is 5. The van der Waals surface area contributed by atoms with Crippen molar-refractivity contribution < 1.29 is 19.4 Å². The van der Waals surface area contributed by atoms with Gasteiger partial charge in [-0.3, -0.25) is 4.79 Å². The number of aliphatic hydroxyl groups is 1. The second kappa shape index (κ2) is 8.01. The maximum atomic E-state index is 11.2. The number of nitrogens with one attached hydrogen (secondary N) is 1. The Morgan fingerprint density at radius 1 is 1.53 bits per heavy atom. The van der Waals surface area contributed by atoms with Crippen molar-refractivity contribution in [3.8, 4) is 5.75 Å². The number of benzene rings is 1. The molecule has 0 radical (unpaired) electrons. The molecule has 0 saturated carbocycles. The van der Waals surface area contributed by atoms with Gasteiger partial charge in [0.25, 0.3) is 0 Å². The van der Waals surface area contributed by atoms with E-state index in [1.54, 1.807) is 14.0 Å². The van der Waals surface area contributed by atoms with Crippen molar-refractivity contribution in [2.45, 2.75) is 19.4 Å². The van der Waals surface area contributed by atoms with Gasteiger partial charge in [-0.2, -0.15) is 0 Å². The molecule has 1 aromatic rings. The lowest BCUT2D eigenvalue weighted by Crippen LogP contribution is -2.24. The van der Waals surface area contributed by atoms with Gasteiger partial charge < -0.3 is 19.9 Å². The normalized spacial score (nSPS) is 11.8. The molecule has 0 heterocycles. The van der Waals surface area contributed by atoms with Crippen LogP contribution in [0.2, 0.25) is 0 Å². The highest BCUT2D eigenvalue weighted by molar-refractivity contribution is 9.10. The lowest BCUT2D eigenvalue weighted by molar-refractivity contribution is -0.145. The van der Waals surface area contributed by atoms with E-state index in [1.807, 2.05) is 18.2 Å². The average Bonchev–Trinajstić information content (AvgIpc) is 2.36. The quantitative estimate of drug-likeness (QED) is 0.749. The highest BCUT2D eigenvalue weighted by Gasteiger charge is 2.12. The largest absolute Gasteiger partial charge is 0.495 e. The summed E-state index contributed by atoms with van der Waals surface area (Å²) in [6.45, 7) is 2.29. The van der Waals surface area contributed by atoms with E-state index in [0.717, 1.165) is 10.2 Å². The van der Waals surface area contributed by atoms with Crippen LogP contribution in [0, 0.1) is 0 Å². The Morgan fingerprint density at radius 2 is 2.26 bits per heavy atom. The summed E-state index contributed by atoms with van der Waals surface area (Å²) in [4.78, 5) is 11.2. The molecule has 1 aromatic carbocycles. The zero-order valence-electron chi connectivity index (χ0n) is 11.0. The predicted molar refractivity (Wildman–Crippen MR) is 76.4 cm³/mol. The van der Waals surface area contributed by atoms with Gasteiger partial charge in [-0.1, -0.05) is 15.9 Å². The van der Waals surface area contributed by atoms with Gasteiger partial charge >= 0.3 is 5.97 Å². The Morgan fingerprint density at radius 3 is 2.89 bits per heavy atom. The van der Waals surface area contributed by atoms with Crippen LogP contribution in [-0.4, -0.2) is 37.4 Å². The van der Waals surface area contributed by atoms with E-state index in [2.05, 4.69) is 21.2 Å². The van der Waals surface area contributed by atoms with Crippen LogP contribution in [0.3, 0.4) is 0 Å². The number of carbonyl (C=O) groups is 1. The number of ether oxygens (including phenoxy) is 2. The number of halogens is 1. The third-order valence-corrected chi connectivity index (χ3v) is 2.89. The zero-order valence-corrected chi connectivity index (χ0v) is 12.6. The van der Waals surface area contributed by atoms with Crippen molar-refractivity contribution >= 4 is 27.6 Å². The minimum Gasteiger partial charge on any atom is -0.495 e. The molecule has 106 valence electrons. The smallest absolute Gasteiger partial charge is 0.308 e. The van der Waals surface area contributed by atoms with Gasteiger partial charge in [0.1, 0.15) is 5.75 Å². The van der Waals surface area contributed by atoms with E-state index in [0.29, 0.717) is 12.4 Å². The number of anilines is 1. The third kappa shape index (κ3) is 5.48. The summed E-state index contributed by atoms with van der Waals surface area (Å²) in [5.74, 6) is 0.268. The van der Waals surface area contributed by atoms with Crippen molar-refractivity contribution in [2.24, 2.45) is 0 Å². The molecule has 5 nitrogen and oxygen atoms in total. The van der Waals surface area contributed by atoms with Crippen LogP contribution >= 0.6 is 15.9 Å². The predicted octanol–water partition coefficient (Wildman–Crippen LogP) is 2.18. The first-order chi connectivity index (χ1) is 9.06. The Kier molecular flexibility index (Phi) is 6.66. The van der Waals surface area contributed by atoms with Crippen LogP contribution in [0.15, 0.2) is 22.7 Å². The van der Waals surface area contributed by atoms with Gasteiger partial charge in [-0.05, 0) is 25.1 Å². The van der Waals surface area contributed by atoms with Crippen molar-refractivity contribution in [3.05, 3.63) is 22.7 Å². The fourth-order valence-corrected chi connectivity index (χ4v) is 1.89. The molecule has 1 unspecified atom stereocenters. The van der Waals surface area contributed by atoms with Crippen molar-refractivity contribution in [3.63, 3.8) is 0 Å². The summed E-state index contributed by atoms with van der Waals surface area (Å²) in [5.41, 5.74) is 0.750. The molecule has 0 aromatic heterocycles. The molecule has 0 aliphatic heterocycles. The molecule has 1 rings (SSSR count). The minimum atomic E-state index is -0.803. The van der Waals surface area contributed by atoms with Gasteiger partial charge in [0, 0.05) is 11.0 Å². The number of aliphatic hydroxyl groups excluding tert-OH is 1. The summed E-state index contributed by atoms with van der Waals surface area (Å²) >= 11 is 3.36. The second-order valence-corrected chi connectivity index (χ2v) is 4.80. The van der Waals surface area contributed by atoms with E-state index < -0.39 is 12.1 Å². The first-order valence-electron chi connectivity index (χ1n) is 5.98. The fourth-order valence-electron chi connectivity index (χ4n) is 1.53. The molecule has 0 aliphatic carbocycles. The van der Waals surface area contributed by atoms with E-state index in [9.17, 15) is 9.90 Å². The number of rotatable bonds is 7. The van der Waals surface area contributed by atoms with Crippen molar-refractivity contribution in [1.82, 2.24) is 0 Å². The van der Waals surface area contributed by atoms with Crippen LogP contribution in [0.25, 0.3) is 0 Å². The highest BCUT2D eigenvalue weighted by Crippen LogP contribution is 2.27. The van der Waals surface area contributed by atoms with E-state index >= 15 is 0 Å². The fraction of sp³-hybridized carbons (Fsp3) is 0.462. The van der Waals surface area contributed by atoms with Crippen LogP contribution in [0.4, 0.5) is 5.69 Å². The van der Waals surface area contributed by atoms with E-state index in [1.165, 1.54) is 0 Å². The third-order valence-electron chi connectivity index (χ3n) is 2.40. The lowest BCUT2D eigenvalue weighted by Gasteiger charge is -2.14. The van der Waals surface area contributed by atoms with E-state index in [-0.39, 0.29) is 13.0 Å². The maximum Gasteiger partial charge on any atom is 0.308 e. The molecule has 0 bridgehead atoms. The standard InChI is InChI=1S/C13H18BrNO4/c1-3-19-13(17)7-10(16)8-15-11-6-9(14)4-5-12(11)18-2/h4-6,10,15-16H,3,7-8H2,1-2H3. The van der Waals surface area contributed by atoms with Crippen LogP contribution in [0.5, 0.6) is 5.75 Å². The molecule has 0 amide bonds. The summed E-state index contributed by atoms with van der Waals surface area (Å²) in [6, 6.07) is 5.51. The highest BCUT2D eigenvalue weighted by atomic mass is 79.9. The van der Waals surface area contributed by atoms with Crippen LogP contribution < -0.4 is 10.1 Å². The topological polar surface area (TPSA) is 67.8 Å². The molecule has 0 spiro atoms. The molecular formula is C13H18BrNO4. The first-order valence-corrected chi connectivity index (χ1v) is 6.77. The van der Waals surface area contributed by atoms with Gasteiger partial charge in [0.2, 0.25) is 0 Å². The Labute approximate surface area is 121 Å². The van der Waals surface area contributed by atoms with Crippen LogP contribution in [-0.2, 0) is 9.53 Å². The number of methoxy groups -OCH3 is 1. The Balaban J connectivity index is 2.52. The Bertz CT molecular complexity index is 425. The zero-order chi connectivity index (χ0) is 14.3. The SMILES string of the molecule is CCOC(=O)CC(O)CNc1cc(Br)ccc1OC. The lowest BCUT2D eigenvalue weighted by atomic mass is 10.2. The Hall–Kier alpha value is -1.27. The molecular weight excluding hydrogens is 314 g/mol. The number of hydrogen-bond donors (Lipinski definition) is 2. The minimum absolute atomic E-state index is 0.0306. The van der Waals surface area contributed by atoms with Gasteiger partial charge in [0.15, 0.2) is 0 Å². The molecule has 0 aliphatic rings. The summed E-state index contributed by atoms with van der Waals surface area (Å²) in [6.07, 6.45) is -0.834. The summed E-state index contributed by atoms with van der Waals surface area (Å²) in [7, 11) is 1.57. The second-order valence-electron chi connectivity index (χ2n) is 3.89. The molecule has 19 heavy (non-hydrogen) atoms. The average molecular weight is 332 g/mol. The van der Waals surface area contributed by atoms with E-state index in [4.69, 9.17) is 9.47 Å². The molecule has 6 heteroatoms. The maximum absolute atomic E-state index is 11.2. The first kappa shape index (κ1) is 15.8. The van der Waals surface area contributed by atoms with Crippen LogP contribution in [0.1, 0.15) is 13.3 Å². The molecule has 0 saturated heterocycles. The number of carbonyl (C=O) groups excluding carboxylic acids is 1. The van der Waals surface area contributed by atoms with Crippen molar-refractivity contribution in [1.29, 1.82) is 0 Å². The van der Waals surface area contributed by atoms with Gasteiger partial charge in [0.05, 0.1) is 31.9 Å². The van der Waals surface area contributed by atoms with Crippen molar-refractivity contribution in [2.75, 3.05) is 25.6 Å². The molecule has 1 atom stereocenters. The molecule has 0 fully saturated rings. The molecule has 2 N–H and O–H groups in total. The summed E-state index contributed by atoms with van der Waals surface area (Å²) in [5, 5.41) is 12.8.